The van der Waals surface area contributed by atoms with E-state index in [0.29, 0.717) is 12.1 Å². The summed E-state index contributed by atoms with van der Waals surface area (Å²) in [6, 6.07) is 1.24. The molecular formula is C12H12F3NO3. The van der Waals surface area contributed by atoms with E-state index in [-0.39, 0.29) is 5.69 Å². The lowest BCUT2D eigenvalue weighted by Gasteiger charge is -2.15. The highest BCUT2D eigenvalue weighted by atomic mass is 19.2. The van der Waals surface area contributed by atoms with E-state index in [1.807, 2.05) is 0 Å². The van der Waals surface area contributed by atoms with Crippen molar-refractivity contribution in [1.82, 2.24) is 0 Å². The van der Waals surface area contributed by atoms with Crippen molar-refractivity contribution in [3.8, 4) is 0 Å². The van der Waals surface area contributed by atoms with Gasteiger partial charge in [-0.25, -0.2) is 13.2 Å². The molecule has 0 bridgehead atoms. The highest BCUT2D eigenvalue weighted by Crippen LogP contribution is 2.19. The van der Waals surface area contributed by atoms with Gasteiger partial charge < -0.3 is 10.4 Å². The third-order valence-electron chi connectivity index (χ3n) is 2.80. The van der Waals surface area contributed by atoms with E-state index in [2.05, 4.69) is 5.32 Å². The first-order valence-electron chi connectivity index (χ1n) is 5.42. The average Bonchev–Trinajstić information content (AvgIpc) is 2.33. The Morgan fingerprint density at radius 3 is 2.00 bits per heavy atom. The second-order valence-electron chi connectivity index (χ2n) is 4.16. The first-order valence-corrected chi connectivity index (χ1v) is 5.42. The second kappa shape index (κ2) is 5.73. The molecule has 1 aromatic rings. The van der Waals surface area contributed by atoms with E-state index >= 15 is 0 Å². The van der Waals surface area contributed by atoms with Gasteiger partial charge in [0.15, 0.2) is 17.5 Å². The Labute approximate surface area is 107 Å². The van der Waals surface area contributed by atoms with Crippen LogP contribution in [0.2, 0.25) is 0 Å². The molecule has 0 radical (unpaired) electrons. The number of carbonyl (C=O) groups excluding carboxylic acids is 1. The maximum atomic E-state index is 12.9. The summed E-state index contributed by atoms with van der Waals surface area (Å²) in [5, 5.41) is 10.9. The van der Waals surface area contributed by atoms with Crippen LogP contribution in [0.25, 0.3) is 0 Å². The minimum atomic E-state index is -1.63. The minimum Gasteiger partial charge on any atom is -0.481 e. The highest BCUT2D eigenvalue weighted by molar-refractivity contribution is 5.94. The standard InChI is InChI=1S/C12H12F3NO3/c1-5(6(2)12(18)19)11(17)16-7-3-8(13)10(15)9(14)4-7/h3-6H,1-2H3,(H,16,17)(H,18,19). The molecule has 2 unspecified atom stereocenters. The van der Waals surface area contributed by atoms with Gasteiger partial charge in [-0.1, -0.05) is 13.8 Å². The molecule has 2 atom stereocenters. The number of benzene rings is 1. The summed E-state index contributed by atoms with van der Waals surface area (Å²) >= 11 is 0. The molecular weight excluding hydrogens is 263 g/mol. The number of rotatable bonds is 4. The van der Waals surface area contributed by atoms with E-state index in [4.69, 9.17) is 5.11 Å². The van der Waals surface area contributed by atoms with Gasteiger partial charge in [-0.2, -0.15) is 0 Å². The zero-order valence-electron chi connectivity index (χ0n) is 10.2. The zero-order chi connectivity index (χ0) is 14.7. The van der Waals surface area contributed by atoms with E-state index < -0.39 is 41.2 Å². The lowest BCUT2D eigenvalue weighted by Crippen LogP contribution is -2.30. The van der Waals surface area contributed by atoms with E-state index in [1.165, 1.54) is 13.8 Å². The summed E-state index contributed by atoms with van der Waals surface area (Å²) in [7, 11) is 0. The molecule has 0 fully saturated rings. The Balaban J connectivity index is 2.86. The molecule has 0 saturated heterocycles. The maximum absolute atomic E-state index is 12.9. The fraction of sp³-hybridized carbons (Fsp3) is 0.333. The number of carbonyl (C=O) groups is 2. The number of halogens is 3. The quantitative estimate of drug-likeness (QED) is 0.829. The molecule has 19 heavy (non-hydrogen) atoms. The molecule has 0 aliphatic heterocycles. The van der Waals surface area contributed by atoms with Gasteiger partial charge in [0.2, 0.25) is 5.91 Å². The number of carboxylic acids is 1. The van der Waals surface area contributed by atoms with Crippen LogP contribution < -0.4 is 5.32 Å². The van der Waals surface area contributed by atoms with Gasteiger partial charge in [-0.05, 0) is 0 Å². The average molecular weight is 275 g/mol. The van der Waals surface area contributed by atoms with Crippen LogP contribution in [0.1, 0.15) is 13.8 Å². The number of amides is 1. The molecule has 1 aromatic carbocycles. The number of hydrogen-bond acceptors (Lipinski definition) is 2. The second-order valence-corrected chi connectivity index (χ2v) is 4.16. The fourth-order valence-corrected chi connectivity index (χ4v) is 1.32. The van der Waals surface area contributed by atoms with Crippen LogP contribution in [-0.2, 0) is 9.59 Å². The molecule has 4 nitrogen and oxygen atoms in total. The Morgan fingerprint density at radius 1 is 1.11 bits per heavy atom. The Kier molecular flexibility index (Phi) is 4.52. The van der Waals surface area contributed by atoms with Crippen molar-refractivity contribution in [2.75, 3.05) is 5.32 Å². The third-order valence-corrected chi connectivity index (χ3v) is 2.80. The van der Waals surface area contributed by atoms with Crippen molar-refractivity contribution in [2.45, 2.75) is 13.8 Å². The van der Waals surface area contributed by atoms with Gasteiger partial charge in [-0.15, -0.1) is 0 Å². The number of hydrogen-bond donors (Lipinski definition) is 2. The fourth-order valence-electron chi connectivity index (χ4n) is 1.32. The lowest BCUT2D eigenvalue weighted by molar-refractivity contribution is -0.145. The van der Waals surface area contributed by atoms with Gasteiger partial charge in [-0.3, -0.25) is 9.59 Å². The van der Waals surface area contributed by atoms with Crippen LogP contribution in [0, 0.1) is 29.3 Å². The van der Waals surface area contributed by atoms with Crippen LogP contribution in [0.15, 0.2) is 12.1 Å². The van der Waals surface area contributed by atoms with Crippen molar-refractivity contribution in [1.29, 1.82) is 0 Å². The molecule has 0 saturated carbocycles. The summed E-state index contributed by atoms with van der Waals surface area (Å²) < 4.78 is 38.5. The van der Waals surface area contributed by atoms with Crippen LogP contribution >= 0.6 is 0 Å². The molecule has 0 aliphatic carbocycles. The number of carboxylic acid groups (broad SMARTS) is 1. The van der Waals surface area contributed by atoms with Crippen molar-refractivity contribution in [3.63, 3.8) is 0 Å². The Morgan fingerprint density at radius 2 is 1.58 bits per heavy atom. The predicted molar refractivity (Wildman–Crippen MR) is 60.9 cm³/mol. The van der Waals surface area contributed by atoms with E-state index in [1.54, 1.807) is 0 Å². The SMILES string of the molecule is CC(C(=O)O)C(C)C(=O)Nc1cc(F)c(F)c(F)c1. The molecule has 1 rings (SSSR count). The topological polar surface area (TPSA) is 66.4 Å². The number of nitrogens with one attached hydrogen (secondary N) is 1. The third kappa shape index (κ3) is 3.46. The van der Waals surface area contributed by atoms with Crippen molar-refractivity contribution in [3.05, 3.63) is 29.6 Å². The van der Waals surface area contributed by atoms with Gasteiger partial charge in [0.25, 0.3) is 0 Å². The van der Waals surface area contributed by atoms with Gasteiger partial charge >= 0.3 is 5.97 Å². The maximum Gasteiger partial charge on any atom is 0.307 e. The molecule has 0 heterocycles. The summed E-state index contributed by atoms with van der Waals surface area (Å²) in [6.45, 7) is 2.70. The smallest absolute Gasteiger partial charge is 0.307 e. The van der Waals surface area contributed by atoms with Crippen LogP contribution in [0.5, 0.6) is 0 Å². The van der Waals surface area contributed by atoms with Gasteiger partial charge in [0.05, 0.1) is 5.92 Å². The van der Waals surface area contributed by atoms with Gasteiger partial charge in [0.1, 0.15) is 0 Å². The molecule has 104 valence electrons. The summed E-state index contributed by atoms with van der Waals surface area (Å²) in [6.07, 6.45) is 0. The number of anilines is 1. The Hall–Kier alpha value is -2.05. The minimum absolute atomic E-state index is 0.272. The summed E-state index contributed by atoms with van der Waals surface area (Å²) in [5.41, 5.74) is -0.272. The number of aliphatic carboxylic acids is 1. The van der Waals surface area contributed by atoms with E-state index in [9.17, 15) is 22.8 Å². The highest BCUT2D eigenvalue weighted by Gasteiger charge is 2.26. The van der Waals surface area contributed by atoms with Crippen molar-refractivity contribution >= 4 is 17.6 Å². The normalized spacial score (nSPS) is 13.7. The first kappa shape index (κ1) is 15.0. The monoisotopic (exact) mass is 275 g/mol. The molecule has 0 aliphatic rings. The molecule has 0 spiro atoms. The predicted octanol–water partition coefficient (Wildman–Crippen LogP) is 2.40. The molecule has 7 heteroatoms. The lowest BCUT2D eigenvalue weighted by atomic mass is 9.95. The summed E-state index contributed by atoms with van der Waals surface area (Å²) in [5.74, 6) is -8.27. The molecule has 1 amide bonds. The molecule has 0 aromatic heterocycles. The summed E-state index contributed by atoms with van der Waals surface area (Å²) in [4.78, 5) is 22.4. The zero-order valence-corrected chi connectivity index (χ0v) is 10.2. The van der Waals surface area contributed by atoms with Crippen LogP contribution in [0.4, 0.5) is 18.9 Å². The van der Waals surface area contributed by atoms with Gasteiger partial charge in [0, 0.05) is 23.7 Å². The molecule has 2 N–H and O–H groups in total. The van der Waals surface area contributed by atoms with Crippen molar-refractivity contribution < 1.29 is 27.9 Å². The van der Waals surface area contributed by atoms with Crippen molar-refractivity contribution in [2.24, 2.45) is 11.8 Å². The Bertz CT molecular complexity index is 496. The van der Waals surface area contributed by atoms with E-state index in [0.717, 1.165) is 0 Å². The largest absolute Gasteiger partial charge is 0.481 e. The van der Waals surface area contributed by atoms with Crippen LogP contribution in [0.3, 0.4) is 0 Å². The first-order chi connectivity index (χ1) is 8.73. The van der Waals surface area contributed by atoms with Crippen LogP contribution in [-0.4, -0.2) is 17.0 Å².